The van der Waals surface area contributed by atoms with E-state index in [1.807, 2.05) is 18.5 Å². The molecule has 0 spiro atoms. The lowest BCUT2D eigenvalue weighted by Gasteiger charge is -2.28. The number of nitrogens with one attached hydrogen (secondary N) is 3. The third kappa shape index (κ3) is 3.77. The number of nitrogens with zero attached hydrogens (tertiary/aromatic N) is 5. The second-order valence-electron chi connectivity index (χ2n) is 9.77. The Kier molecular flexibility index (Phi) is 4.93. The number of carbonyl (C=O) groups is 1. The van der Waals surface area contributed by atoms with Crippen molar-refractivity contribution in [2.24, 2.45) is 5.92 Å². The van der Waals surface area contributed by atoms with Crippen molar-refractivity contribution in [1.82, 2.24) is 30.1 Å². The standard InChI is InChI=1S/C27H26N8O/c36-27(16-4-5-16)31-19-8-17(11-28-13-19)18-9-21-25(33-34-26(21)30-12-18)22-10-20-23(32-22)14-29-15-24(20)35-6-2-1-3-7-35/h8-16,32H,1-7H2,(H,31,36)(H,30,33,34). The molecule has 9 nitrogen and oxygen atoms in total. The summed E-state index contributed by atoms with van der Waals surface area (Å²) in [5, 5.41) is 12.7. The van der Waals surface area contributed by atoms with E-state index in [4.69, 9.17) is 0 Å². The molecule has 6 heterocycles. The maximum Gasteiger partial charge on any atom is 0.227 e. The number of hydrogen-bond acceptors (Lipinski definition) is 6. The van der Waals surface area contributed by atoms with Crippen molar-refractivity contribution < 1.29 is 4.79 Å². The molecule has 0 atom stereocenters. The maximum atomic E-state index is 12.2. The predicted octanol–water partition coefficient (Wildman–Crippen LogP) is 4.90. The van der Waals surface area contributed by atoms with Crippen molar-refractivity contribution in [3.8, 4) is 22.5 Å². The van der Waals surface area contributed by atoms with Gasteiger partial charge in [-0.25, -0.2) is 4.98 Å². The van der Waals surface area contributed by atoms with E-state index in [1.54, 1.807) is 18.6 Å². The van der Waals surface area contributed by atoms with Crippen LogP contribution in [0.1, 0.15) is 32.1 Å². The van der Waals surface area contributed by atoms with Crippen molar-refractivity contribution in [2.45, 2.75) is 32.1 Å². The first-order valence-electron chi connectivity index (χ1n) is 12.6. The Morgan fingerprint density at radius 3 is 2.61 bits per heavy atom. The van der Waals surface area contributed by atoms with Crippen LogP contribution in [0.15, 0.2) is 49.2 Å². The van der Waals surface area contributed by atoms with Gasteiger partial charge in [-0.15, -0.1) is 0 Å². The Morgan fingerprint density at radius 1 is 0.917 bits per heavy atom. The highest BCUT2D eigenvalue weighted by Crippen LogP contribution is 2.35. The summed E-state index contributed by atoms with van der Waals surface area (Å²) in [6.45, 7) is 2.13. The first-order chi connectivity index (χ1) is 17.7. The van der Waals surface area contributed by atoms with E-state index in [0.717, 1.165) is 64.7 Å². The number of pyridine rings is 3. The molecule has 0 bridgehead atoms. The second kappa shape index (κ2) is 8.44. The van der Waals surface area contributed by atoms with Crippen LogP contribution in [-0.2, 0) is 4.79 Å². The number of piperidine rings is 1. The largest absolute Gasteiger partial charge is 0.370 e. The fourth-order valence-electron chi connectivity index (χ4n) is 5.08. The lowest BCUT2D eigenvalue weighted by Crippen LogP contribution is -2.29. The minimum atomic E-state index is 0.0665. The Bertz CT molecular complexity index is 1590. The van der Waals surface area contributed by atoms with Gasteiger partial charge in [0.15, 0.2) is 5.65 Å². The highest BCUT2D eigenvalue weighted by Gasteiger charge is 2.29. The van der Waals surface area contributed by atoms with Crippen LogP contribution in [0.5, 0.6) is 0 Å². The highest BCUT2D eigenvalue weighted by molar-refractivity contribution is 6.00. The number of hydrogen-bond donors (Lipinski definition) is 3. The van der Waals surface area contributed by atoms with Crippen LogP contribution in [-0.4, -0.2) is 49.1 Å². The predicted molar refractivity (Wildman–Crippen MR) is 140 cm³/mol. The van der Waals surface area contributed by atoms with E-state index < -0.39 is 0 Å². The highest BCUT2D eigenvalue weighted by atomic mass is 16.2. The zero-order valence-electron chi connectivity index (χ0n) is 19.8. The Balaban J connectivity index is 1.25. The Hall–Kier alpha value is -4.27. The van der Waals surface area contributed by atoms with Crippen LogP contribution in [0.3, 0.4) is 0 Å². The quantitative estimate of drug-likeness (QED) is 0.331. The van der Waals surface area contributed by atoms with Gasteiger partial charge in [-0.05, 0) is 50.3 Å². The van der Waals surface area contributed by atoms with Crippen molar-refractivity contribution in [3.05, 3.63) is 49.2 Å². The minimum absolute atomic E-state index is 0.0665. The maximum absolute atomic E-state index is 12.2. The molecule has 1 amide bonds. The van der Waals surface area contributed by atoms with E-state index in [2.05, 4.69) is 52.5 Å². The molecular formula is C27H26N8O. The molecular weight excluding hydrogens is 452 g/mol. The van der Waals surface area contributed by atoms with Gasteiger partial charge in [0.05, 0.1) is 46.9 Å². The summed E-state index contributed by atoms with van der Waals surface area (Å²) in [6.07, 6.45) is 14.8. The topological polar surface area (TPSA) is 115 Å². The molecule has 1 saturated heterocycles. The molecule has 2 aliphatic rings. The molecule has 0 unspecified atom stereocenters. The van der Waals surface area contributed by atoms with Crippen molar-refractivity contribution in [1.29, 1.82) is 0 Å². The molecule has 180 valence electrons. The molecule has 1 aliphatic carbocycles. The van der Waals surface area contributed by atoms with Gasteiger partial charge in [-0.1, -0.05) is 0 Å². The van der Waals surface area contributed by atoms with Crippen LogP contribution in [0.4, 0.5) is 11.4 Å². The smallest absolute Gasteiger partial charge is 0.227 e. The molecule has 3 N–H and O–H groups in total. The summed E-state index contributed by atoms with van der Waals surface area (Å²) in [6, 6.07) is 6.19. The fraction of sp³-hybridized carbons (Fsp3) is 0.296. The molecule has 1 aliphatic heterocycles. The van der Waals surface area contributed by atoms with Gasteiger partial charge in [-0.3, -0.25) is 19.9 Å². The molecule has 5 aromatic heterocycles. The van der Waals surface area contributed by atoms with Gasteiger partial charge in [0.2, 0.25) is 5.91 Å². The molecule has 5 aromatic rings. The van der Waals surface area contributed by atoms with Gasteiger partial charge >= 0.3 is 0 Å². The van der Waals surface area contributed by atoms with Gasteiger partial charge in [0.25, 0.3) is 0 Å². The molecule has 1 saturated carbocycles. The lowest BCUT2D eigenvalue weighted by molar-refractivity contribution is -0.117. The third-order valence-electron chi connectivity index (χ3n) is 7.19. The summed E-state index contributed by atoms with van der Waals surface area (Å²) in [5.41, 5.74) is 7.15. The first kappa shape index (κ1) is 21.0. The Morgan fingerprint density at radius 2 is 1.75 bits per heavy atom. The monoisotopic (exact) mass is 478 g/mol. The summed E-state index contributed by atoms with van der Waals surface area (Å²) in [5.74, 6) is 0.207. The summed E-state index contributed by atoms with van der Waals surface area (Å²) in [7, 11) is 0. The van der Waals surface area contributed by atoms with Crippen LogP contribution in [0.25, 0.3) is 44.5 Å². The van der Waals surface area contributed by atoms with E-state index >= 15 is 0 Å². The number of H-pyrrole nitrogens is 2. The van der Waals surface area contributed by atoms with Gasteiger partial charge < -0.3 is 15.2 Å². The fourth-order valence-corrected chi connectivity index (χ4v) is 5.08. The number of aromatic nitrogens is 6. The average molecular weight is 479 g/mol. The SMILES string of the molecule is O=C(Nc1cncc(-c2cnc3n[nH]c(-c4cc5c(N6CCCCC6)cncc5[nH]4)c3c2)c1)C1CC1. The number of fused-ring (bicyclic) bond motifs is 2. The second-order valence-corrected chi connectivity index (χ2v) is 9.77. The molecule has 36 heavy (non-hydrogen) atoms. The number of aromatic amines is 2. The van der Waals surface area contributed by atoms with Gasteiger partial charge in [-0.2, -0.15) is 5.10 Å². The van der Waals surface area contributed by atoms with Crippen LogP contribution < -0.4 is 10.2 Å². The van der Waals surface area contributed by atoms with Gasteiger partial charge in [0, 0.05) is 53.3 Å². The van der Waals surface area contributed by atoms with Crippen LogP contribution in [0, 0.1) is 5.92 Å². The lowest BCUT2D eigenvalue weighted by atomic mass is 10.1. The number of carbonyl (C=O) groups excluding carboxylic acids is 1. The normalized spacial score (nSPS) is 16.1. The molecule has 2 fully saturated rings. The summed E-state index contributed by atoms with van der Waals surface area (Å²) in [4.78, 5) is 31.6. The number of rotatable bonds is 5. The Labute approximate surface area is 207 Å². The zero-order valence-corrected chi connectivity index (χ0v) is 19.8. The summed E-state index contributed by atoms with van der Waals surface area (Å²) < 4.78 is 0. The van der Waals surface area contributed by atoms with E-state index in [1.165, 1.54) is 24.9 Å². The summed E-state index contributed by atoms with van der Waals surface area (Å²) >= 11 is 0. The van der Waals surface area contributed by atoms with E-state index in [0.29, 0.717) is 11.3 Å². The van der Waals surface area contributed by atoms with E-state index in [9.17, 15) is 4.79 Å². The van der Waals surface area contributed by atoms with Crippen molar-refractivity contribution in [2.75, 3.05) is 23.3 Å². The first-order valence-corrected chi connectivity index (χ1v) is 12.6. The van der Waals surface area contributed by atoms with Crippen LogP contribution >= 0.6 is 0 Å². The molecule has 0 radical (unpaired) electrons. The third-order valence-corrected chi connectivity index (χ3v) is 7.19. The number of amides is 1. The van der Waals surface area contributed by atoms with Crippen molar-refractivity contribution >= 4 is 39.2 Å². The van der Waals surface area contributed by atoms with E-state index in [-0.39, 0.29) is 11.8 Å². The molecule has 0 aromatic carbocycles. The van der Waals surface area contributed by atoms with Gasteiger partial charge in [0.1, 0.15) is 0 Å². The minimum Gasteiger partial charge on any atom is -0.370 e. The zero-order chi connectivity index (χ0) is 24.1. The van der Waals surface area contributed by atoms with Crippen LogP contribution in [0.2, 0.25) is 0 Å². The van der Waals surface area contributed by atoms with Crippen molar-refractivity contribution in [3.63, 3.8) is 0 Å². The average Bonchev–Trinajstić information content (AvgIpc) is 3.55. The molecule has 9 heteroatoms. The molecule has 7 rings (SSSR count). The number of anilines is 2.